The van der Waals surface area contributed by atoms with E-state index in [1.165, 1.54) is 23.1 Å². The predicted molar refractivity (Wildman–Crippen MR) is 98.6 cm³/mol. The number of rotatable bonds is 4. The van der Waals surface area contributed by atoms with E-state index in [2.05, 4.69) is 4.90 Å². The van der Waals surface area contributed by atoms with E-state index in [0.29, 0.717) is 18.7 Å². The fraction of sp³-hybridized carbons (Fsp3) is 0.312. The van der Waals surface area contributed by atoms with Crippen molar-refractivity contribution < 1.29 is 9.72 Å². The van der Waals surface area contributed by atoms with Crippen LogP contribution in [0, 0.1) is 10.1 Å². The lowest BCUT2D eigenvalue weighted by molar-refractivity contribution is -0.384. The van der Waals surface area contributed by atoms with Crippen molar-refractivity contribution in [2.24, 2.45) is 0 Å². The molecule has 1 aliphatic rings. The molecule has 6 nitrogen and oxygen atoms in total. The van der Waals surface area contributed by atoms with Gasteiger partial charge in [0.1, 0.15) is 0 Å². The van der Waals surface area contributed by atoms with Gasteiger partial charge in [-0.1, -0.05) is 23.2 Å². The number of carbonyl (C=O) groups is 1. The Morgan fingerprint density at radius 3 is 2.44 bits per heavy atom. The van der Waals surface area contributed by atoms with E-state index < -0.39 is 4.92 Å². The number of non-ortho nitro benzene ring substituents is 1. The molecule has 132 valence electrons. The number of amides is 1. The third-order valence-corrected chi connectivity index (χ3v) is 5.59. The van der Waals surface area contributed by atoms with Gasteiger partial charge in [0.25, 0.3) is 11.6 Å². The predicted octanol–water partition coefficient (Wildman–Crippen LogP) is 3.92. The normalized spacial score (nSPS) is 15.4. The maximum absolute atomic E-state index is 12.6. The molecule has 0 aliphatic carbocycles. The molecule has 0 radical (unpaired) electrons. The zero-order chi connectivity index (χ0) is 18.0. The first-order valence-electron chi connectivity index (χ1n) is 7.64. The highest BCUT2D eigenvalue weighted by Gasteiger charge is 2.24. The summed E-state index contributed by atoms with van der Waals surface area (Å²) in [5, 5.41) is 10.9. The van der Waals surface area contributed by atoms with Crippen LogP contribution in [0.3, 0.4) is 0 Å². The Morgan fingerprint density at radius 2 is 1.88 bits per heavy atom. The molecule has 1 aliphatic heterocycles. The molecule has 2 heterocycles. The van der Waals surface area contributed by atoms with E-state index in [4.69, 9.17) is 23.2 Å². The van der Waals surface area contributed by atoms with E-state index in [1.54, 1.807) is 16.2 Å². The summed E-state index contributed by atoms with van der Waals surface area (Å²) in [5.74, 6) is -0.196. The topological polar surface area (TPSA) is 66.7 Å². The molecule has 0 N–H and O–H groups in total. The fourth-order valence-electron chi connectivity index (χ4n) is 2.73. The maximum atomic E-state index is 12.6. The van der Waals surface area contributed by atoms with Crippen molar-refractivity contribution in [2.45, 2.75) is 6.54 Å². The summed E-state index contributed by atoms with van der Waals surface area (Å²) < 4.78 is 0.775. The first kappa shape index (κ1) is 18.1. The molecule has 1 fully saturated rings. The van der Waals surface area contributed by atoms with Gasteiger partial charge in [-0.25, -0.2) is 0 Å². The van der Waals surface area contributed by atoms with Crippen molar-refractivity contribution in [2.75, 3.05) is 26.2 Å². The molecule has 0 spiro atoms. The quantitative estimate of drug-likeness (QED) is 0.576. The number of halogens is 2. The lowest BCUT2D eigenvalue weighted by Crippen LogP contribution is -2.48. The Hall–Kier alpha value is -1.67. The second-order valence-electron chi connectivity index (χ2n) is 5.70. The first-order chi connectivity index (χ1) is 11.9. The summed E-state index contributed by atoms with van der Waals surface area (Å²) in [6.07, 6.45) is 0. The number of hydrogen-bond donors (Lipinski definition) is 0. The van der Waals surface area contributed by atoms with Crippen LogP contribution in [0.25, 0.3) is 0 Å². The molecule has 1 saturated heterocycles. The largest absolute Gasteiger partial charge is 0.336 e. The van der Waals surface area contributed by atoms with Gasteiger partial charge in [-0.3, -0.25) is 19.8 Å². The molecule has 0 bridgehead atoms. The monoisotopic (exact) mass is 399 g/mol. The molecule has 1 aromatic heterocycles. The van der Waals surface area contributed by atoms with E-state index in [1.807, 2.05) is 12.1 Å². The minimum absolute atomic E-state index is 0.106. The second-order valence-corrected chi connectivity index (χ2v) is 7.90. The summed E-state index contributed by atoms with van der Waals surface area (Å²) in [5.41, 5.74) is 0.173. The highest BCUT2D eigenvalue weighted by Crippen LogP contribution is 2.25. The summed E-state index contributed by atoms with van der Waals surface area (Å²) in [4.78, 5) is 28.0. The van der Waals surface area contributed by atoms with Crippen molar-refractivity contribution in [1.82, 2.24) is 9.80 Å². The molecule has 25 heavy (non-hydrogen) atoms. The third kappa shape index (κ3) is 4.30. The third-order valence-electron chi connectivity index (χ3n) is 4.06. The lowest BCUT2D eigenvalue weighted by Gasteiger charge is -2.34. The van der Waals surface area contributed by atoms with Gasteiger partial charge in [0.05, 0.1) is 19.8 Å². The zero-order valence-corrected chi connectivity index (χ0v) is 15.5. The fourth-order valence-corrected chi connectivity index (χ4v) is 4.11. The van der Waals surface area contributed by atoms with Gasteiger partial charge in [0.15, 0.2) is 0 Å². The van der Waals surface area contributed by atoms with Crippen LogP contribution in [-0.2, 0) is 6.54 Å². The molecule has 0 atom stereocenters. The van der Waals surface area contributed by atoms with E-state index in [9.17, 15) is 14.9 Å². The molecule has 3 rings (SSSR count). The van der Waals surface area contributed by atoms with Crippen LogP contribution in [-0.4, -0.2) is 46.8 Å². The van der Waals surface area contributed by atoms with Crippen molar-refractivity contribution in [3.63, 3.8) is 0 Å². The highest BCUT2D eigenvalue weighted by atomic mass is 35.5. The summed E-state index contributed by atoms with van der Waals surface area (Å²) in [6.45, 7) is 3.51. The zero-order valence-electron chi connectivity index (χ0n) is 13.2. The van der Waals surface area contributed by atoms with Crippen molar-refractivity contribution >= 4 is 46.1 Å². The average molecular weight is 400 g/mol. The number of nitrogens with zero attached hydrogens (tertiary/aromatic N) is 3. The summed E-state index contributed by atoms with van der Waals surface area (Å²) in [6, 6.07) is 7.84. The second kappa shape index (κ2) is 7.70. The Bertz CT molecular complexity index is 804. The Balaban J connectivity index is 1.60. The Labute approximate surface area is 158 Å². The number of thiophene rings is 1. The SMILES string of the molecule is O=C(c1ccc([N+](=O)[O-])cc1Cl)N1CCN(Cc2ccc(Cl)s2)CC1. The number of nitro benzene ring substituents is 1. The van der Waals surface area contributed by atoms with Gasteiger partial charge < -0.3 is 4.90 Å². The molecule has 0 saturated carbocycles. The van der Waals surface area contributed by atoms with Crippen LogP contribution in [0.15, 0.2) is 30.3 Å². The van der Waals surface area contributed by atoms with Gasteiger partial charge in [0.2, 0.25) is 0 Å². The molecule has 9 heteroatoms. The standard InChI is InChI=1S/C16H15Cl2N3O3S/c17-14-9-11(21(23)24)1-3-13(14)16(22)20-7-5-19(6-8-20)10-12-2-4-15(18)25-12/h1-4,9H,5-8,10H2. The first-order valence-corrected chi connectivity index (χ1v) is 9.21. The van der Waals surface area contributed by atoms with E-state index in [0.717, 1.165) is 24.0 Å². The highest BCUT2D eigenvalue weighted by molar-refractivity contribution is 7.16. The van der Waals surface area contributed by atoms with Gasteiger partial charge in [-0.05, 0) is 18.2 Å². The molecule has 0 unspecified atom stereocenters. The molecule has 1 aromatic carbocycles. The Morgan fingerprint density at radius 1 is 1.16 bits per heavy atom. The van der Waals surface area contributed by atoms with Crippen LogP contribution >= 0.6 is 34.5 Å². The summed E-state index contributed by atoms with van der Waals surface area (Å²) in [7, 11) is 0. The number of nitro groups is 1. The minimum atomic E-state index is -0.532. The molecular formula is C16H15Cl2N3O3S. The number of piperazine rings is 1. The number of benzene rings is 1. The number of carbonyl (C=O) groups excluding carboxylic acids is 1. The lowest BCUT2D eigenvalue weighted by atomic mass is 10.1. The van der Waals surface area contributed by atoms with Crippen LogP contribution < -0.4 is 0 Å². The smallest absolute Gasteiger partial charge is 0.270 e. The van der Waals surface area contributed by atoms with E-state index >= 15 is 0 Å². The van der Waals surface area contributed by atoms with Crippen LogP contribution in [0.1, 0.15) is 15.2 Å². The van der Waals surface area contributed by atoms with Gasteiger partial charge >= 0.3 is 0 Å². The van der Waals surface area contributed by atoms with Gasteiger partial charge in [-0.15, -0.1) is 11.3 Å². The van der Waals surface area contributed by atoms with Crippen LogP contribution in [0.2, 0.25) is 9.36 Å². The number of hydrogen-bond acceptors (Lipinski definition) is 5. The van der Waals surface area contributed by atoms with Gasteiger partial charge in [0, 0.05) is 49.7 Å². The molecule has 1 amide bonds. The minimum Gasteiger partial charge on any atom is -0.336 e. The Kier molecular flexibility index (Phi) is 5.58. The molecular weight excluding hydrogens is 385 g/mol. The molecule has 2 aromatic rings. The summed E-state index contributed by atoms with van der Waals surface area (Å²) >= 11 is 13.6. The van der Waals surface area contributed by atoms with Gasteiger partial charge in [-0.2, -0.15) is 0 Å². The van der Waals surface area contributed by atoms with Crippen molar-refractivity contribution in [3.8, 4) is 0 Å². The van der Waals surface area contributed by atoms with Crippen LogP contribution in [0.5, 0.6) is 0 Å². The van der Waals surface area contributed by atoms with Crippen LogP contribution in [0.4, 0.5) is 5.69 Å². The van der Waals surface area contributed by atoms with Crippen molar-refractivity contribution in [1.29, 1.82) is 0 Å². The van der Waals surface area contributed by atoms with Crippen molar-refractivity contribution in [3.05, 3.63) is 60.2 Å². The average Bonchev–Trinajstić information content (AvgIpc) is 2.99. The van der Waals surface area contributed by atoms with E-state index in [-0.39, 0.29) is 16.6 Å². The maximum Gasteiger partial charge on any atom is 0.270 e.